The molecule has 28 heavy (non-hydrogen) atoms. The van der Waals surface area contributed by atoms with Crippen molar-refractivity contribution in [1.82, 2.24) is 0 Å². The molecule has 0 heterocycles. The van der Waals surface area contributed by atoms with Gasteiger partial charge in [-0.15, -0.1) is 0 Å². The second kappa shape index (κ2) is 9.09. The average Bonchev–Trinajstić information content (AvgIpc) is 3.21. The number of carbonyl (C=O) groups is 1. The van der Waals surface area contributed by atoms with Gasteiger partial charge < -0.3 is 14.6 Å². The third-order valence-corrected chi connectivity index (χ3v) is 5.75. The lowest BCUT2D eigenvalue weighted by Crippen LogP contribution is -2.16. The molecule has 1 aliphatic carbocycles. The van der Waals surface area contributed by atoms with E-state index in [-0.39, 0.29) is 11.8 Å². The Balaban J connectivity index is 2.01. The first kappa shape index (κ1) is 20.2. The van der Waals surface area contributed by atoms with Crippen LogP contribution in [0.5, 0.6) is 0 Å². The van der Waals surface area contributed by atoms with Gasteiger partial charge in [-0.25, -0.2) is 0 Å². The minimum Gasteiger partial charge on any atom is -0.378 e. The Kier molecular flexibility index (Phi) is 6.56. The van der Waals surface area contributed by atoms with Crippen LogP contribution in [0, 0.1) is 5.92 Å². The second-order valence-corrected chi connectivity index (χ2v) is 8.20. The molecule has 0 saturated heterocycles. The van der Waals surface area contributed by atoms with Gasteiger partial charge in [0, 0.05) is 51.4 Å². The SMILES string of the molecule is CN(C)c1ccc(C(c2ccc(N(C)C)cc2)[C@H](C=O)C=C2CCCC2)cc1. The number of rotatable bonds is 7. The van der Waals surface area contributed by atoms with Crippen LogP contribution < -0.4 is 9.80 Å². The molecule has 2 aromatic carbocycles. The van der Waals surface area contributed by atoms with E-state index in [0.29, 0.717) is 0 Å². The minimum atomic E-state index is -0.136. The summed E-state index contributed by atoms with van der Waals surface area (Å²) in [7, 11) is 8.19. The topological polar surface area (TPSA) is 23.6 Å². The van der Waals surface area contributed by atoms with E-state index < -0.39 is 0 Å². The molecule has 0 unspecified atom stereocenters. The number of benzene rings is 2. The van der Waals surface area contributed by atoms with E-state index in [4.69, 9.17) is 0 Å². The fraction of sp³-hybridized carbons (Fsp3) is 0.400. The molecule has 0 amide bonds. The Morgan fingerprint density at radius 1 is 0.750 bits per heavy atom. The molecule has 0 aromatic heterocycles. The number of nitrogens with zero attached hydrogens (tertiary/aromatic N) is 2. The zero-order valence-electron chi connectivity index (χ0n) is 17.6. The molecule has 3 heteroatoms. The maximum atomic E-state index is 12.2. The third-order valence-electron chi connectivity index (χ3n) is 5.75. The zero-order valence-corrected chi connectivity index (χ0v) is 17.6. The Morgan fingerprint density at radius 3 is 1.54 bits per heavy atom. The number of allylic oxidation sites excluding steroid dienone is 2. The van der Waals surface area contributed by atoms with E-state index >= 15 is 0 Å². The van der Waals surface area contributed by atoms with Crippen LogP contribution in [0.3, 0.4) is 0 Å². The molecule has 0 aliphatic heterocycles. The zero-order chi connectivity index (χ0) is 20.1. The van der Waals surface area contributed by atoms with Gasteiger partial charge in [0.25, 0.3) is 0 Å². The van der Waals surface area contributed by atoms with Gasteiger partial charge in [0.15, 0.2) is 0 Å². The summed E-state index contributed by atoms with van der Waals surface area (Å²) in [4.78, 5) is 16.4. The van der Waals surface area contributed by atoms with Crippen molar-refractivity contribution in [2.24, 2.45) is 5.92 Å². The minimum absolute atomic E-state index is 0.0398. The summed E-state index contributed by atoms with van der Waals surface area (Å²) in [6.45, 7) is 0. The fourth-order valence-electron chi connectivity index (χ4n) is 4.08. The van der Waals surface area contributed by atoms with Crippen LogP contribution in [0.4, 0.5) is 11.4 Å². The molecule has 0 bridgehead atoms. The third kappa shape index (κ3) is 4.64. The standard InChI is InChI=1S/C25H32N2O/c1-26(2)23-13-9-20(10-14-23)25(21-11-15-24(16-12-21)27(3)4)22(18-28)17-19-7-5-6-8-19/h9-18,22,25H,5-8H2,1-4H3/t22-/m0/s1. The molecule has 0 N–H and O–H groups in total. The number of hydrogen-bond donors (Lipinski definition) is 0. The van der Waals surface area contributed by atoms with Crippen molar-refractivity contribution in [2.75, 3.05) is 38.0 Å². The monoisotopic (exact) mass is 376 g/mol. The van der Waals surface area contributed by atoms with E-state index in [9.17, 15) is 4.79 Å². The van der Waals surface area contributed by atoms with Crippen LogP contribution in [0.15, 0.2) is 60.2 Å². The van der Waals surface area contributed by atoms with Gasteiger partial charge in [-0.1, -0.05) is 35.9 Å². The first-order valence-corrected chi connectivity index (χ1v) is 10.2. The van der Waals surface area contributed by atoms with E-state index in [1.165, 1.54) is 40.9 Å². The van der Waals surface area contributed by atoms with Crippen molar-refractivity contribution in [3.63, 3.8) is 0 Å². The number of hydrogen-bond acceptors (Lipinski definition) is 3. The summed E-state index contributed by atoms with van der Waals surface area (Å²) < 4.78 is 0. The molecular formula is C25H32N2O. The van der Waals surface area contributed by atoms with Gasteiger partial charge in [0.2, 0.25) is 0 Å². The molecule has 1 saturated carbocycles. The van der Waals surface area contributed by atoms with E-state index in [1.54, 1.807) is 0 Å². The first-order chi connectivity index (χ1) is 13.5. The highest BCUT2D eigenvalue weighted by Crippen LogP contribution is 2.36. The van der Waals surface area contributed by atoms with Crippen LogP contribution in [-0.2, 0) is 4.79 Å². The predicted molar refractivity (Wildman–Crippen MR) is 119 cm³/mol. The highest BCUT2D eigenvalue weighted by molar-refractivity contribution is 5.63. The van der Waals surface area contributed by atoms with Crippen molar-refractivity contribution in [2.45, 2.75) is 31.6 Å². The van der Waals surface area contributed by atoms with Gasteiger partial charge in [-0.3, -0.25) is 0 Å². The molecule has 148 valence electrons. The van der Waals surface area contributed by atoms with Crippen LogP contribution >= 0.6 is 0 Å². The molecule has 0 spiro atoms. The van der Waals surface area contributed by atoms with Gasteiger partial charge in [-0.05, 0) is 61.1 Å². The van der Waals surface area contributed by atoms with Gasteiger partial charge in [0.05, 0.1) is 0 Å². The average molecular weight is 377 g/mol. The molecule has 0 radical (unpaired) electrons. The summed E-state index contributed by atoms with van der Waals surface area (Å²) in [5.41, 5.74) is 6.16. The van der Waals surface area contributed by atoms with Crippen LogP contribution in [0.2, 0.25) is 0 Å². The van der Waals surface area contributed by atoms with Crippen molar-refractivity contribution >= 4 is 17.7 Å². The van der Waals surface area contributed by atoms with Crippen LogP contribution in [0.1, 0.15) is 42.7 Å². The highest BCUT2D eigenvalue weighted by Gasteiger charge is 2.24. The Bertz CT molecular complexity index is 744. The number of aldehydes is 1. The molecule has 1 fully saturated rings. The summed E-state index contributed by atoms with van der Waals surface area (Å²) in [5, 5.41) is 0. The molecule has 1 atom stereocenters. The lowest BCUT2D eigenvalue weighted by atomic mass is 9.80. The van der Waals surface area contributed by atoms with E-state index in [0.717, 1.165) is 19.1 Å². The maximum Gasteiger partial charge on any atom is 0.127 e. The Hall–Kier alpha value is -2.55. The number of carbonyl (C=O) groups excluding carboxylic acids is 1. The van der Waals surface area contributed by atoms with Gasteiger partial charge in [0.1, 0.15) is 6.29 Å². The molecule has 3 nitrogen and oxygen atoms in total. The summed E-state index contributed by atoms with van der Waals surface area (Å²) in [6, 6.07) is 17.2. The maximum absolute atomic E-state index is 12.2. The lowest BCUT2D eigenvalue weighted by molar-refractivity contribution is -0.110. The van der Waals surface area contributed by atoms with Crippen molar-refractivity contribution < 1.29 is 4.79 Å². The summed E-state index contributed by atoms with van der Waals surface area (Å²) >= 11 is 0. The van der Waals surface area contributed by atoms with E-state index in [1.807, 2.05) is 28.2 Å². The summed E-state index contributed by atoms with van der Waals surface area (Å²) in [5.74, 6) is -0.0958. The molecular weight excluding hydrogens is 344 g/mol. The highest BCUT2D eigenvalue weighted by atomic mass is 16.1. The lowest BCUT2D eigenvalue weighted by Gasteiger charge is -2.24. The van der Waals surface area contributed by atoms with Crippen molar-refractivity contribution in [1.29, 1.82) is 0 Å². The second-order valence-electron chi connectivity index (χ2n) is 8.20. The molecule has 1 aliphatic rings. The predicted octanol–water partition coefficient (Wildman–Crippen LogP) is 5.27. The first-order valence-electron chi connectivity index (χ1n) is 10.2. The van der Waals surface area contributed by atoms with Gasteiger partial charge >= 0.3 is 0 Å². The normalized spacial score (nSPS) is 14.8. The van der Waals surface area contributed by atoms with Crippen molar-refractivity contribution in [3.05, 3.63) is 71.3 Å². The number of anilines is 2. The van der Waals surface area contributed by atoms with Crippen LogP contribution in [0.25, 0.3) is 0 Å². The van der Waals surface area contributed by atoms with Gasteiger partial charge in [-0.2, -0.15) is 0 Å². The largest absolute Gasteiger partial charge is 0.378 e. The van der Waals surface area contributed by atoms with Crippen LogP contribution in [-0.4, -0.2) is 34.5 Å². The fourth-order valence-corrected chi connectivity index (χ4v) is 4.08. The van der Waals surface area contributed by atoms with Crippen molar-refractivity contribution in [3.8, 4) is 0 Å². The molecule has 2 aromatic rings. The van der Waals surface area contributed by atoms with E-state index in [2.05, 4.69) is 64.4 Å². The molecule has 3 rings (SSSR count). The summed E-state index contributed by atoms with van der Waals surface area (Å²) in [6.07, 6.45) is 8.14. The Morgan fingerprint density at radius 2 is 1.18 bits per heavy atom. The smallest absolute Gasteiger partial charge is 0.127 e. The quantitative estimate of drug-likeness (QED) is 0.486. The Labute approximate surface area is 169 Å².